The Morgan fingerprint density at radius 2 is 1.81 bits per heavy atom. The minimum atomic E-state index is -0.260. The number of aliphatic hydroxyl groups is 1. The Balaban J connectivity index is 1.73. The third-order valence-corrected chi connectivity index (χ3v) is 5.26. The van der Waals surface area contributed by atoms with Gasteiger partial charge in [0.2, 0.25) is 0 Å². The van der Waals surface area contributed by atoms with Crippen LogP contribution in [0.25, 0.3) is 16.9 Å². The number of nitrogens with one attached hydrogen (secondary N) is 1. The summed E-state index contributed by atoms with van der Waals surface area (Å²) in [5.41, 5.74) is 4.42. The van der Waals surface area contributed by atoms with E-state index in [-0.39, 0.29) is 11.9 Å². The molecule has 0 aliphatic heterocycles. The third kappa shape index (κ3) is 3.17. The quantitative estimate of drug-likeness (QED) is 0.750. The number of benzene rings is 1. The van der Waals surface area contributed by atoms with Gasteiger partial charge >= 0.3 is 0 Å². The van der Waals surface area contributed by atoms with Crippen LogP contribution in [0.4, 0.5) is 10.2 Å². The van der Waals surface area contributed by atoms with E-state index in [9.17, 15) is 9.50 Å². The Kier molecular flexibility index (Phi) is 4.36. The van der Waals surface area contributed by atoms with E-state index in [1.807, 2.05) is 24.4 Å². The van der Waals surface area contributed by atoms with Gasteiger partial charge in [-0.1, -0.05) is 0 Å². The van der Waals surface area contributed by atoms with Crippen molar-refractivity contribution in [2.24, 2.45) is 0 Å². The topological polar surface area (TPSA) is 62.5 Å². The zero-order chi connectivity index (χ0) is 18.3. The fraction of sp³-hybridized carbons (Fsp3) is 0.400. The van der Waals surface area contributed by atoms with Gasteiger partial charge in [0.25, 0.3) is 0 Å². The molecule has 1 aromatic carbocycles. The molecule has 2 N–H and O–H groups in total. The number of aryl methyl sites for hydroxylation is 1. The van der Waals surface area contributed by atoms with Crippen LogP contribution in [-0.2, 0) is 0 Å². The lowest BCUT2D eigenvalue weighted by molar-refractivity contribution is 0.126. The first-order valence-electron chi connectivity index (χ1n) is 9.09. The number of nitrogens with zero attached hydrogens (tertiary/aromatic N) is 3. The number of rotatable bonds is 3. The van der Waals surface area contributed by atoms with E-state index >= 15 is 0 Å². The fourth-order valence-corrected chi connectivity index (χ4v) is 3.55. The molecule has 5 nitrogen and oxygen atoms in total. The average molecular weight is 354 g/mol. The van der Waals surface area contributed by atoms with E-state index in [1.54, 1.807) is 12.1 Å². The van der Waals surface area contributed by atoms with Gasteiger partial charge in [-0.2, -0.15) is 9.61 Å². The monoisotopic (exact) mass is 354 g/mol. The normalized spacial score (nSPS) is 20.5. The molecule has 1 fully saturated rings. The van der Waals surface area contributed by atoms with Gasteiger partial charge in [-0.25, -0.2) is 9.37 Å². The molecule has 1 aliphatic carbocycles. The van der Waals surface area contributed by atoms with E-state index in [0.29, 0.717) is 6.04 Å². The van der Waals surface area contributed by atoms with Gasteiger partial charge in [0.05, 0.1) is 11.8 Å². The number of aliphatic hydroxyl groups excluding tert-OH is 1. The van der Waals surface area contributed by atoms with Crippen LogP contribution in [-0.4, -0.2) is 31.9 Å². The minimum Gasteiger partial charge on any atom is -0.393 e. The van der Waals surface area contributed by atoms with Gasteiger partial charge < -0.3 is 10.4 Å². The second kappa shape index (κ2) is 6.68. The number of aromatic nitrogens is 3. The molecule has 0 bridgehead atoms. The first-order chi connectivity index (χ1) is 12.5. The Hall–Kier alpha value is -2.47. The summed E-state index contributed by atoms with van der Waals surface area (Å²) in [5, 5.41) is 18.1. The maximum atomic E-state index is 13.2. The summed E-state index contributed by atoms with van der Waals surface area (Å²) in [4.78, 5) is 4.65. The van der Waals surface area contributed by atoms with Crippen molar-refractivity contribution in [3.63, 3.8) is 0 Å². The van der Waals surface area contributed by atoms with E-state index < -0.39 is 0 Å². The molecule has 2 heterocycles. The van der Waals surface area contributed by atoms with Crippen LogP contribution in [0, 0.1) is 19.7 Å². The Labute approximate surface area is 151 Å². The number of halogens is 1. The lowest BCUT2D eigenvalue weighted by Gasteiger charge is -2.28. The van der Waals surface area contributed by atoms with Crippen molar-refractivity contribution < 1.29 is 9.50 Å². The lowest BCUT2D eigenvalue weighted by atomic mass is 9.93. The van der Waals surface area contributed by atoms with Crippen LogP contribution < -0.4 is 5.32 Å². The van der Waals surface area contributed by atoms with Crippen molar-refractivity contribution >= 4 is 11.5 Å². The number of anilines is 1. The molecule has 0 atom stereocenters. The molecular formula is C20H23FN4O. The van der Waals surface area contributed by atoms with E-state index in [4.69, 9.17) is 5.10 Å². The fourth-order valence-electron chi connectivity index (χ4n) is 3.55. The number of hydrogen-bond acceptors (Lipinski definition) is 4. The summed E-state index contributed by atoms with van der Waals surface area (Å²) in [6.45, 7) is 4.04. The highest BCUT2D eigenvalue weighted by Crippen LogP contribution is 2.28. The van der Waals surface area contributed by atoms with Crippen LogP contribution >= 0.6 is 0 Å². The van der Waals surface area contributed by atoms with Crippen LogP contribution in [0.15, 0.2) is 30.3 Å². The zero-order valence-corrected chi connectivity index (χ0v) is 15.0. The van der Waals surface area contributed by atoms with Gasteiger partial charge in [-0.05, 0) is 63.8 Å². The Bertz CT molecular complexity index is 927. The maximum Gasteiger partial charge on any atom is 0.158 e. The molecule has 0 saturated heterocycles. The minimum absolute atomic E-state index is 0.178. The van der Waals surface area contributed by atoms with E-state index in [0.717, 1.165) is 59.7 Å². The molecular weight excluding hydrogens is 331 g/mol. The third-order valence-electron chi connectivity index (χ3n) is 5.26. The first kappa shape index (κ1) is 17.0. The van der Waals surface area contributed by atoms with Gasteiger partial charge in [-0.3, -0.25) is 0 Å². The highest BCUT2D eigenvalue weighted by Gasteiger charge is 2.22. The van der Waals surface area contributed by atoms with Gasteiger partial charge in [0.1, 0.15) is 11.6 Å². The zero-order valence-electron chi connectivity index (χ0n) is 15.0. The summed E-state index contributed by atoms with van der Waals surface area (Å²) < 4.78 is 15.0. The molecule has 0 unspecified atom stereocenters. The number of hydrogen-bond donors (Lipinski definition) is 2. The molecule has 6 heteroatoms. The van der Waals surface area contributed by atoms with Crippen molar-refractivity contribution in [3.8, 4) is 11.3 Å². The molecule has 136 valence electrons. The van der Waals surface area contributed by atoms with Crippen molar-refractivity contribution in [1.82, 2.24) is 14.6 Å². The summed E-state index contributed by atoms with van der Waals surface area (Å²) in [6.07, 6.45) is 3.35. The molecule has 1 aliphatic rings. The molecule has 0 amide bonds. The lowest BCUT2D eigenvalue weighted by Crippen LogP contribution is -2.29. The second-order valence-electron chi connectivity index (χ2n) is 7.13. The maximum absolute atomic E-state index is 13.2. The highest BCUT2D eigenvalue weighted by molar-refractivity contribution is 5.66. The van der Waals surface area contributed by atoms with Gasteiger partial charge in [0, 0.05) is 28.9 Å². The molecule has 0 spiro atoms. The predicted molar refractivity (Wildman–Crippen MR) is 99.7 cm³/mol. The summed E-state index contributed by atoms with van der Waals surface area (Å²) in [7, 11) is 0. The first-order valence-corrected chi connectivity index (χ1v) is 9.09. The standard InChI is InChI=1S/C20H23FN4O/c1-12-13(2)22-19-11-18(14-3-5-15(21)6-4-14)24-25(19)20(12)23-16-7-9-17(26)10-8-16/h3-6,11,16-17,23,26H,7-10H2,1-2H3. The smallest absolute Gasteiger partial charge is 0.158 e. The predicted octanol–water partition coefficient (Wildman–Crippen LogP) is 3.87. The number of fused-ring (bicyclic) bond motifs is 1. The van der Waals surface area contributed by atoms with Gasteiger partial charge in [0.15, 0.2) is 5.65 Å². The van der Waals surface area contributed by atoms with Crippen molar-refractivity contribution in [3.05, 3.63) is 47.4 Å². The Morgan fingerprint density at radius 1 is 1.12 bits per heavy atom. The molecule has 2 aromatic heterocycles. The van der Waals surface area contributed by atoms with Crippen LogP contribution in [0.1, 0.15) is 36.9 Å². The van der Waals surface area contributed by atoms with Crippen molar-refractivity contribution in [2.45, 2.75) is 51.7 Å². The summed E-state index contributed by atoms with van der Waals surface area (Å²) >= 11 is 0. The van der Waals surface area contributed by atoms with E-state index in [2.05, 4.69) is 10.3 Å². The SMILES string of the molecule is Cc1nc2cc(-c3ccc(F)cc3)nn2c(NC2CCC(O)CC2)c1C. The summed E-state index contributed by atoms with van der Waals surface area (Å²) in [6, 6.07) is 8.58. The molecule has 1 saturated carbocycles. The summed E-state index contributed by atoms with van der Waals surface area (Å²) in [5.74, 6) is 0.687. The van der Waals surface area contributed by atoms with E-state index in [1.165, 1.54) is 12.1 Å². The largest absolute Gasteiger partial charge is 0.393 e. The van der Waals surface area contributed by atoms with Crippen molar-refractivity contribution in [2.75, 3.05) is 5.32 Å². The molecule has 0 radical (unpaired) electrons. The van der Waals surface area contributed by atoms with Gasteiger partial charge in [-0.15, -0.1) is 0 Å². The van der Waals surface area contributed by atoms with Crippen LogP contribution in [0.5, 0.6) is 0 Å². The Morgan fingerprint density at radius 3 is 2.50 bits per heavy atom. The highest BCUT2D eigenvalue weighted by atomic mass is 19.1. The van der Waals surface area contributed by atoms with Crippen LogP contribution in [0.3, 0.4) is 0 Å². The second-order valence-corrected chi connectivity index (χ2v) is 7.13. The average Bonchev–Trinajstić information content (AvgIpc) is 3.05. The van der Waals surface area contributed by atoms with Crippen molar-refractivity contribution in [1.29, 1.82) is 0 Å². The van der Waals surface area contributed by atoms with Crippen LogP contribution in [0.2, 0.25) is 0 Å². The molecule has 26 heavy (non-hydrogen) atoms. The molecule has 3 aromatic rings. The molecule has 4 rings (SSSR count).